The Bertz CT molecular complexity index is 1210. The maximum atomic E-state index is 13.4. The van der Waals surface area contributed by atoms with Gasteiger partial charge in [-0.15, -0.1) is 0 Å². The van der Waals surface area contributed by atoms with Crippen molar-refractivity contribution in [1.82, 2.24) is 5.32 Å². The highest BCUT2D eigenvalue weighted by atomic mass is 19.3. The van der Waals surface area contributed by atoms with Crippen LogP contribution in [-0.2, 0) is 19.7 Å². The van der Waals surface area contributed by atoms with E-state index in [2.05, 4.69) is 42.1 Å². The SMILES string of the molecule is Cc1ccc(C23C[C@@H]4C[C@@H](CC(C(=O)OCC(=O)NC(=O)c5ccc(OC(F)F)cc5)(C4)C2)C3)cc1C. The van der Waals surface area contributed by atoms with Gasteiger partial charge in [0.1, 0.15) is 5.75 Å². The third kappa shape index (κ3) is 4.98. The van der Waals surface area contributed by atoms with E-state index >= 15 is 0 Å². The number of halogens is 2. The molecular formula is C29H31F2NO5. The van der Waals surface area contributed by atoms with Crippen molar-refractivity contribution in [3.63, 3.8) is 0 Å². The lowest BCUT2D eigenvalue weighted by molar-refractivity contribution is -0.175. The van der Waals surface area contributed by atoms with Gasteiger partial charge in [-0.25, -0.2) is 0 Å². The molecule has 4 saturated carbocycles. The molecule has 0 saturated heterocycles. The first-order valence-corrected chi connectivity index (χ1v) is 12.7. The molecule has 0 aliphatic heterocycles. The lowest BCUT2D eigenvalue weighted by atomic mass is 9.43. The average Bonchev–Trinajstić information content (AvgIpc) is 2.83. The molecule has 6 rings (SSSR count). The van der Waals surface area contributed by atoms with E-state index in [4.69, 9.17) is 4.74 Å². The highest BCUT2D eigenvalue weighted by Crippen LogP contribution is 2.66. The van der Waals surface area contributed by atoms with Gasteiger partial charge in [0.25, 0.3) is 11.8 Å². The summed E-state index contributed by atoms with van der Waals surface area (Å²) in [5, 5.41) is 2.19. The number of alkyl halides is 2. The Morgan fingerprint density at radius 3 is 2.27 bits per heavy atom. The van der Waals surface area contributed by atoms with Gasteiger partial charge in [-0.3, -0.25) is 19.7 Å². The van der Waals surface area contributed by atoms with Crippen LogP contribution >= 0.6 is 0 Å². The van der Waals surface area contributed by atoms with Crippen LogP contribution in [0.25, 0.3) is 0 Å². The van der Waals surface area contributed by atoms with Crippen LogP contribution in [0.5, 0.6) is 5.75 Å². The number of imide groups is 1. The number of carbonyl (C=O) groups excluding carboxylic acids is 3. The molecule has 2 amide bonds. The van der Waals surface area contributed by atoms with E-state index in [1.165, 1.54) is 41.0 Å². The zero-order valence-corrected chi connectivity index (χ0v) is 21.0. The van der Waals surface area contributed by atoms with Crippen molar-refractivity contribution in [2.75, 3.05) is 6.61 Å². The van der Waals surface area contributed by atoms with Crippen molar-refractivity contribution in [3.8, 4) is 5.75 Å². The van der Waals surface area contributed by atoms with Crippen molar-refractivity contribution in [1.29, 1.82) is 0 Å². The van der Waals surface area contributed by atoms with Crippen LogP contribution < -0.4 is 10.1 Å². The summed E-state index contributed by atoms with van der Waals surface area (Å²) >= 11 is 0. The molecule has 6 nitrogen and oxygen atoms in total. The van der Waals surface area contributed by atoms with Crippen molar-refractivity contribution < 1.29 is 32.6 Å². The second-order valence-electron chi connectivity index (χ2n) is 11.2. The van der Waals surface area contributed by atoms with Crippen LogP contribution in [-0.4, -0.2) is 31.0 Å². The molecule has 4 fully saturated rings. The van der Waals surface area contributed by atoms with Crippen LogP contribution in [0.15, 0.2) is 42.5 Å². The Hall–Kier alpha value is -3.29. The summed E-state index contributed by atoms with van der Waals surface area (Å²) in [5.74, 6) is -0.981. The van der Waals surface area contributed by atoms with E-state index in [0.29, 0.717) is 11.8 Å². The lowest BCUT2D eigenvalue weighted by Crippen LogP contribution is -2.57. The Morgan fingerprint density at radius 1 is 0.973 bits per heavy atom. The fourth-order valence-electron chi connectivity index (χ4n) is 7.22. The summed E-state index contributed by atoms with van der Waals surface area (Å²) in [7, 11) is 0. The minimum absolute atomic E-state index is 0.0417. The molecule has 4 bridgehead atoms. The number of carbonyl (C=O) groups is 3. The van der Waals surface area contributed by atoms with Gasteiger partial charge in [0.15, 0.2) is 6.61 Å². The van der Waals surface area contributed by atoms with E-state index in [1.807, 2.05) is 0 Å². The maximum Gasteiger partial charge on any atom is 0.387 e. The molecule has 37 heavy (non-hydrogen) atoms. The molecule has 196 valence electrons. The molecule has 0 radical (unpaired) electrons. The number of rotatable bonds is 7. The number of amides is 2. The molecule has 2 unspecified atom stereocenters. The van der Waals surface area contributed by atoms with Gasteiger partial charge in [0, 0.05) is 5.56 Å². The number of nitrogens with one attached hydrogen (secondary N) is 1. The quantitative estimate of drug-likeness (QED) is 0.514. The van der Waals surface area contributed by atoms with Gasteiger partial charge in [0.2, 0.25) is 0 Å². The van der Waals surface area contributed by atoms with Crippen molar-refractivity contribution in [2.24, 2.45) is 17.3 Å². The number of hydrogen-bond donors (Lipinski definition) is 1. The van der Waals surface area contributed by atoms with Crippen LogP contribution in [0.1, 0.15) is 65.6 Å². The number of benzene rings is 2. The van der Waals surface area contributed by atoms with Gasteiger partial charge >= 0.3 is 12.6 Å². The zero-order valence-electron chi connectivity index (χ0n) is 21.0. The third-order valence-corrected chi connectivity index (χ3v) is 8.54. The van der Waals surface area contributed by atoms with E-state index in [9.17, 15) is 23.2 Å². The van der Waals surface area contributed by atoms with Gasteiger partial charge in [-0.1, -0.05) is 18.2 Å². The standard InChI is InChI=1S/C29H31F2NO5/c1-17-3-6-22(9-18(17)2)28-11-19-10-20(12-28)14-29(13-19,16-28)26(35)36-15-24(33)32-25(34)21-4-7-23(8-5-21)37-27(30)31/h3-9,19-20,27H,10-16H2,1-2H3,(H,32,33,34)/t19-,20+,28?,29?. The number of ether oxygens (including phenoxy) is 2. The highest BCUT2D eigenvalue weighted by molar-refractivity contribution is 6.05. The van der Waals surface area contributed by atoms with Gasteiger partial charge in [-0.2, -0.15) is 8.78 Å². The molecule has 4 atom stereocenters. The Balaban J connectivity index is 1.22. The molecule has 0 aromatic heterocycles. The van der Waals surface area contributed by atoms with E-state index in [1.54, 1.807) is 0 Å². The van der Waals surface area contributed by atoms with E-state index < -0.39 is 30.4 Å². The first-order valence-electron chi connectivity index (χ1n) is 12.7. The Kier molecular flexibility index (Phi) is 6.54. The van der Waals surface area contributed by atoms with Crippen molar-refractivity contribution >= 4 is 17.8 Å². The molecule has 1 N–H and O–H groups in total. The van der Waals surface area contributed by atoms with Gasteiger partial charge < -0.3 is 9.47 Å². The molecule has 2 aromatic rings. The summed E-state index contributed by atoms with van der Waals surface area (Å²) < 4.78 is 34.3. The maximum absolute atomic E-state index is 13.4. The summed E-state index contributed by atoms with van der Waals surface area (Å²) in [6, 6.07) is 11.6. The van der Waals surface area contributed by atoms with Crippen molar-refractivity contribution in [2.45, 2.75) is 64.4 Å². The Labute approximate surface area is 214 Å². The van der Waals surface area contributed by atoms with E-state index in [-0.39, 0.29) is 22.7 Å². The second-order valence-corrected chi connectivity index (χ2v) is 11.2. The molecule has 0 spiro atoms. The molecule has 8 heteroatoms. The zero-order chi connectivity index (χ0) is 26.4. The lowest BCUT2D eigenvalue weighted by Gasteiger charge is -2.61. The highest BCUT2D eigenvalue weighted by Gasteiger charge is 2.61. The van der Waals surface area contributed by atoms with E-state index in [0.717, 1.165) is 38.5 Å². The average molecular weight is 512 g/mol. The summed E-state index contributed by atoms with van der Waals surface area (Å²) in [5.41, 5.74) is 3.25. The third-order valence-electron chi connectivity index (χ3n) is 8.54. The molecule has 4 aliphatic carbocycles. The predicted octanol–water partition coefficient (Wildman–Crippen LogP) is 5.24. The topological polar surface area (TPSA) is 81.7 Å². The first kappa shape index (κ1) is 25.4. The molecule has 0 heterocycles. The van der Waals surface area contributed by atoms with Crippen LogP contribution in [0.4, 0.5) is 8.78 Å². The van der Waals surface area contributed by atoms with Gasteiger partial charge in [-0.05, 0) is 111 Å². The minimum Gasteiger partial charge on any atom is -0.455 e. The minimum atomic E-state index is -2.97. The number of aryl methyl sites for hydroxylation is 2. The first-order chi connectivity index (χ1) is 17.6. The second kappa shape index (κ2) is 9.54. The fraction of sp³-hybridized carbons (Fsp3) is 0.483. The predicted molar refractivity (Wildman–Crippen MR) is 131 cm³/mol. The summed E-state index contributed by atoms with van der Waals surface area (Å²) in [6.45, 7) is 0.699. The Morgan fingerprint density at radius 2 is 1.65 bits per heavy atom. The van der Waals surface area contributed by atoms with Crippen LogP contribution in [0.2, 0.25) is 0 Å². The normalized spacial score (nSPS) is 27.7. The molecule has 2 aromatic carbocycles. The largest absolute Gasteiger partial charge is 0.455 e. The van der Waals surface area contributed by atoms with Crippen molar-refractivity contribution in [3.05, 3.63) is 64.7 Å². The molecule has 4 aliphatic rings. The summed E-state index contributed by atoms with van der Waals surface area (Å²) in [4.78, 5) is 38.2. The van der Waals surface area contributed by atoms with Gasteiger partial charge in [0.05, 0.1) is 5.41 Å². The molecular weight excluding hydrogens is 480 g/mol. The van der Waals surface area contributed by atoms with Crippen LogP contribution in [0.3, 0.4) is 0 Å². The smallest absolute Gasteiger partial charge is 0.387 e. The fourth-order valence-corrected chi connectivity index (χ4v) is 7.22. The monoisotopic (exact) mass is 511 g/mol. The summed E-state index contributed by atoms with van der Waals surface area (Å²) in [6.07, 6.45) is 5.58. The van der Waals surface area contributed by atoms with Crippen LogP contribution in [0, 0.1) is 31.1 Å². The number of hydrogen-bond acceptors (Lipinski definition) is 5. The number of esters is 1.